The van der Waals surface area contributed by atoms with Gasteiger partial charge in [-0.05, 0) is 39.0 Å². The quantitative estimate of drug-likeness (QED) is 0.510. The molecule has 0 amide bonds. The molecule has 0 radical (unpaired) electrons. The van der Waals surface area contributed by atoms with Crippen molar-refractivity contribution in [1.29, 1.82) is 0 Å². The van der Waals surface area contributed by atoms with Crippen LogP contribution >= 0.6 is 0 Å². The number of hydrogen-bond donors (Lipinski definition) is 0. The first kappa shape index (κ1) is 7.59. The lowest BCUT2D eigenvalue weighted by Gasteiger charge is -2.09. The van der Waals surface area contributed by atoms with E-state index in [9.17, 15) is 0 Å². The van der Waals surface area contributed by atoms with Crippen molar-refractivity contribution in [1.82, 2.24) is 0 Å². The van der Waals surface area contributed by atoms with E-state index in [1.54, 1.807) is 5.57 Å². The van der Waals surface area contributed by atoms with Gasteiger partial charge in [-0.3, -0.25) is 0 Å². The molecule has 1 aliphatic carbocycles. The van der Waals surface area contributed by atoms with Crippen LogP contribution in [0.4, 0.5) is 0 Å². The van der Waals surface area contributed by atoms with Crippen LogP contribution in [0.2, 0.25) is 0 Å². The molecule has 0 spiro atoms. The molecule has 0 atom stereocenters. The van der Waals surface area contributed by atoms with Crippen molar-refractivity contribution < 1.29 is 0 Å². The highest BCUT2D eigenvalue weighted by molar-refractivity contribution is 5.09. The average molecular weight is 136 g/mol. The van der Waals surface area contributed by atoms with E-state index in [-0.39, 0.29) is 0 Å². The Bertz CT molecular complexity index is 140. The zero-order valence-corrected chi connectivity index (χ0v) is 6.77. The molecule has 0 nitrogen and oxygen atoms in total. The fourth-order valence-electron chi connectivity index (χ4n) is 1.36. The molecule has 0 aromatic carbocycles. The smallest absolute Gasteiger partial charge is 0.0139 e. The van der Waals surface area contributed by atoms with Gasteiger partial charge in [0.1, 0.15) is 0 Å². The Labute approximate surface area is 63.6 Å². The summed E-state index contributed by atoms with van der Waals surface area (Å²) in [6, 6.07) is 0. The van der Waals surface area contributed by atoms with Crippen LogP contribution in [0.15, 0.2) is 23.8 Å². The second kappa shape index (κ2) is 4.32. The maximum absolute atomic E-state index is 2.41. The second-order valence-corrected chi connectivity index (χ2v) is 2.88. The predicted molar refractivity (Wildman–Crippen MR) is 46.0 cm³/mol. The van der Waals surface area contributed by atoms with E-state index in [0.717, 1.165) is 0 Å². The minimum atomic E-state index is 1.19. The Hall–Kier alpha value is -0.520. The van der Waals surface area contributed by atoms with E-state index >= 15 is 0 Å². The lowest BCUT2D eigenvalue weighted by molar-refractivity contribution is 0.691. The molecule has 0 fully saturated rings. The summed E-state index contributed by atoms with van der Waals surface area (Å²) in [4.78, 5) is 0. The van der Waals surface area contributed by atoms with Crippen LogP contribution in [0.3, 0.4) is 0 Å². The zero-order valence-electron chi connectivity index (χ0n) is 6.77. The van der Waals surface area contributed by atoms with Gasteiger partial charge in [0.2, 0.25) is 0 Å². The summed E-state index contributed by atoms with van der Waals surface area (Å²) in [6.07, 6.45) is 13.4. The fraction of sp³-hybridized carbons (Fsp3) is 0.600. The summed E-state index contributed by atoms with van der Waals surface area (Å²) in [5, 5.41) is 0. The van der Waals surface area contributed by atoms with Crippen LogP contribution in [0, 0.1) is 0 Å². The maximum Gasteiger partial charge on any atom is -0.0139 e. The molecule has 0 N–H and O–H groups in total. The molecule has 1 aliphatic rings. The third-order valence-electron chi connectivity index (χ3n) is 2.00. The van der Waals surface area contributed by atoms with Crippen molar-refractivity contribution in [3.8, 4) is 0 Å². The predicted octanol–water partition coefficient (Wildman–Crippen LogP) is 3.45. The summed E-state index contributed by atoms with van der Waals surface area (Å²) in [5.74, 6) is 0. The molecule has 0 aromatic rings. The lowest BCUT2D eigenvalue weighted by atomic mass is 9.97. The maximum atomic E-state index is 2.41. The van der Waals surface area contributed by atoms with Gasteiger partial charge in [-0.2, -0.15) is 0 Å². The molecule has 0 aliphatic heterocycles. The first-order chi connectivity index (χ1) is 4.93. The molecule has 10 heavy (non-hydrogen) atoms. The van der Waals surface area contributed by atoms with Gasteiger partial charge >= 0.3 is 0 Å². The largest absolute Gasteiger partial charge is 0.0913 e. The van der Waals surface area contributed by atoms with Crippen LogP contribution in [-0.4, -0.2) is 0 Å². The van der Waals surface area contributed by atoms with Gasteiger partial charge in [0.15, 0.2) is 0 Å². The van der Waals surface area contributed by atoms with Gasteiger partial charge in [0, 0.05) is 0 Å². The molecule has 0 bridgehead atoms. The fourth-order valence-corrected chi connectivity index (χ4v) is 1.36. The second-order valence-electron chi connectivity index (χ2n) is 2.88. The Morgan fingerprint density at radius 2 is 2.40 bits per heavy atom. The number of allylic oxidation sites excluding steroid dienone is 4. The van der Waals surface area contributed by atoms with Crippen LogP contribution in [0.5, 0.6) is 0 Å². The van der Waals surface area contributed by atoms with Crippen molar-refractivity contribution in [2.75, 3.05) is 0 Å². The van der Waals surface area contributed by atoms with Gasteiger partial charge in [0.25, 0.3) is 0 Å². The Morgan fingerprint density at radius 1 is 1.50 bits per heavy atom. The summed E-state index contributed by atoms with van der Waals surface area (Å²) >= 11 is 0. The van der Waals surface area contributed by atoms with Crippen molar-refractivity contribution in [3.63, 3.8) is 0 Å². The van der Waals surface area contributed by atoms with Crippen LogP contribution in [-0.2, 0) is 0 Å². The average Bonchev–Trinajstić information content (AvgIpc) is 2.03. The molecule has 56 valence electrons. The topological polar surface area (TPSA) is 0 Å². The first-order valence-electron chi connectivity index (χ1n) is 4.22. The third-order valence-corrected chi connectivity index (χ3v) is 2.00. The summed E-state index contributed by atoms with van der Waals surface area (Å²) in [6.45, 7) is 2.09. The Balaban J connectivity index is 2.31. The van der Waals surface area contributed by atoms with Gasteiger partial charge < -0.3 is 0 Å². The summed E-state index contributed by atoms with van der Waals surface area (Å²) in [7, 11) is 0. The third kappa shape index (κ3) is 2.38. The molecule has 0 saturated carbocycles. The zero-order chi connectivity index (χ0) is 7.23. The minimum absolute atomic E-state index is 1.19. The van der Waals surface area contributed by atoms with Crippen LogP contribution < -0.4 is 0 Å². The van der Waals surface area contributed by atoms with Crippen LogP contribution in [0.25, 0.3) is 0 Å². The first-order valence-corrected chi connectivity index (χ1v) is 4.22. The SMILES string of the molecule is CC=CCC1=CCCCC1. The van der Waals surface area contributed by atoms with E-state index in [4.69, 9.17) is 0 Å². The standard InChI is InChI=1S/C10H16/c1-2-3-7-10-8-5-4-6-9-10/h2-3,8H,4-7,9H2,1H3. The van der Waals surface area contributed by atoms with E-state index < -0.39 is 0 Å². The monoisotopic (exact) mass is 136 g/mol. The Morgan fingerprint density at radius 3 is 3.00 bits per heavy atom. The molecular weight excluding hydrogens is 120 g/mol. The summed E-state index contributed by atoms with van der Waals surface area (Å²) in [5.41, 5.74) is 1.64. The highest BCUT2D eigenvalue weighted by Gasteiger charge is 1.99. The minimum Gasteiger partial charge on any atom is -0.0913 e. The van der Waals surface area contributed by atoms with E-state index in [1.165, 1.54) is 32.1 Å². The normalized spacial score (nSPS) is 19.5. The van der Waals surface area contributed by atoms with Gasteiger partial charge in [-0.25, -0.2) is 0 Å². The molecule has 1 rings (SSSR count). The Kier molecular flexibility index (Phi) is 3.28. The summed E-state index contributed by atoms with van der Waals surface area (Å²) < 4.78 is 0. The number of rotatable bonds is 2. The van der Waals surface area contributed by atoms with Crippen molar-refractivity contribution >= 4 is 0 Å². The van der Waals surface area contributed by atoms with Gasteiger partial charge in [0.05, 0.1) is 0 Å². The molecule has 0 unspecified atom stereocenters. The van der Waals surface area contributed by atoms with Gasteiger partial charge in [-0.15, -0.1) is 0 Å². The van der Waals surface area contributed by atoms with Crippen molar-refractivity contribution in [2.45, 2.75) is 39.0 Å². The van der Waals surface area contributed by atoms with Gasteiger partial charge in [-0.1, -0.05) is 23.8 Å². The highest BCUT2D eigenvalue weighted by Crippen LogP contribution is 2.19. The molecule has 0 heteroatoms. The van der Waals surface area contributed by atoms with Crippen molar-refractivity contribution in [2.24, 2.45) is 0 Å². The highest BCUT2D eigenvalue weighted by atomic mass is 14.1. The molecule has 0 heterocycles. The molecule has 0 aromatic heterocycles. The van der Waals surface area contributed by atoms with E-state index in [2.05, 4.69) is 25.2 Å². The lowest BCUT2D eigenvalue weighted by Crippen LogP contribution is -1.89. The molecule has 0 saturated heterocycles. The van der Waals surface area contributed by atoms with E-state index in [0.29, 0.717) is 0 Å². The van der Waals surface area contributed by atoms with E-state index in [1.807, 2.05) is 0 Å². The number of hydrogen-bond acceptors (Lipinski definition) is 0. The van der Waals surface area contributed by atoms with Crippen molar-refractivity contribution in [3.05, 3.63) is 23.8 Å². The van der Waals surface area contributed by atoms with Crippen LogP contribution in [0.1, 0.15) is 39.0 Å². The molecular formula is C10H16.